The lowest BCUT2D eigenvalue weighted by Crippen LogP contribution is -2.52. The maximum absolute atomic E-state index is 12.5. The monoisotopic (exact) mass is 300 g/mol. The molecule has 0 radical (unpaired) electrons. The second-order valence-electron chi connectivity index (χ2n) is 7.12. The van der Waals surface area contributed by atoms with E-state index in [1.165, 1.54) is 0 Å². The highest BCUT2D eigenvalue weighted by atomic mass is 16.6. The van der Waals surface area contributed by atoms with Crippen LogP contribution in [0.25, 0.3) is 0 Å². The van der Waals surface area contributed by atoms with Gasteiger partial charge in [0.2, 0.25) is 5.91 Å². The number of hydrogen-bond donors (Lipinski definition) is 1. The van der Waals surface area contributed by atoms with E-state index in [4.69, 9.17) is 4.74 Å². The Morgan fingerprint density at radius 1 is 1.19 bits per heavy atom. The molecule has 5 heteroatoms. The number of nitrogens with one attached hydrogen (secondary N) is 1. The zero-order valence-electron chi connectivity index (χ0n) is 14.8. The number of hydrogen-bond acceptors (Lipinski definition) is 3. The van der Waals surface area contributed by atoms with Gasteiger partial charge in [0.15, 0.2) is 0 Å². The van der Waals surface area contributed by atoms with E-state index in [-0.39, 0.29) is 11.8 Å². The number of ether oxygens (including phenoxy) is 1. The molecule has 0 aromatic carbocycles. The largest absolute Gasteiger partial charge is 0.444 e. The highest BCUT2D eigenvalue weighted by molar-refractivity contribution is 5.85. The van der Waals surface area contributed by atoms with Crippen molar-refractivity contribution in [3.63, 3.8) is 0 Å². The fraction of sp³-hybridized carbons (Fsp3) is 0.875. The fourth-order valence-electron chi connectivity index (χ4n) is 1.99. The van der Waals surface area contributed by atoms with Crippen LogP contribution in [-0.4, -0.2) is 42.1 Å². The van der Waals surface area contributed by atoms with Crippen LogP contribution >= 0.6 is 0 Å². The third-order valence-corrected chi connectivity index (χ3v) is 3.17. The van der Waals surface area contributed by atoms with Crippen molar-refractivity contribution < 1.29 is 14.3 Å². The van der Waals surface area contributed by atoms with E-state index in [1.807, 2.05) is 13.8 Å². The highest BCUT2D eigenvalue weighted by Crippen LogP contribution is 2.13. The summed E-state index contributed by atoms with van der Waals surface area (Å²) in [5, 5.41) is 2.73. The molecule has 0 saturated carbocycles. The van der Waals surface area contributed by atoms with Gasteiger partial charge in [0.05, 0.1) is 0 Å². The van der Waals surface area contributed by atoms with Crippen molar-refractivity contribution in [2.24, 2.45) is 11.8 Å². The third kappa shape index (κ3) is 7.93. The first-order valence-electron chi connectivity index (χ1n) is 7.72. The predicted molar refractivity (Wildman–Crippen MR) is 85.1 cm³/mol. The lowest BCUT2D eigenvalue weighted by molar-refractivity contribution is -0.133. The summed E-state index contributed by atoms with van der Waals surface area (Å²) in [7, 11) is 1.77. The van der Waals surface area contributed by atoms with Gasteiger partial charge in [-0.05, 0) is 32.6 Å². The highest BCUT2D eigenvalue weighted by Gasteiger charge is 2.30. The van der Waals surface area contributed by atoms with Crippen molar-refractivity contribution in [3.05, 3.63) is 0 Å². The Bertz CT molecular complexity index is 348. The summed E-state index contributed by atoms with van der Waals surface area (Å²) in [4.78, 5) is 26.1. The van der Waals surface area contributed by atoms with E-state index in [0.717, 1.165) is 6.42 Å². The molecule has 21 heavy (non-hydrogen) atoms. The number of amides is 2. The molecule has 0 aliphatic carbocycles. The number of alkyl carbamates (subject to hydrolysis) is 1. The third-order valence-electron chi connectivity index (χ3n) is 3.17. The standard InChI is InChI=1S/C16H32N2O3/c1-9-12(4)13(14(19)18(8)10-11(2)3)17-15(20)21-16(5,6)7/h11-13H,9-10H2,1-8H3,(H,17,20). The maximum atomic E-state index is 12.5. The first kappa shape index (κ1) is 19.7. The van der Waals surface area contributed by atoms with Gasteiger partial charge in [-0.25, -0.2) is 4.79 Å². The van der Waals surface area contributed by atoms with Crippen LogP contribution in [0.15, 0.2) is 0 Å². The molecule has 0 aliphatic rings. The molecule has 0 aliphatic heterocycles. The van der Waals surface area contributed by atoms with Crippen molar-refractivity contribution in [2.45, 2.75) is 66.5 Å². The Morgan fingerprint density at radius 3 is 2.10 bits per heavy atom. The molecular weight excluding hydrogens is 268 g/mol. The summed E-state index contributed by atoms with van der Waals surface area (Å²) in [6.07, 6.45) is 0.265. The van der Waals surface area contributed by atoms with E-state index in [1.54, 1.807) is 32.7 Å². The van der Waals surface area contributed by atoms with Crippen LogP contribution in [0.5, 0.6) is 0 Å². The van der Waals surface area contributed by atoms with E-state index >= 15 is 0 Å². The number of likely N-dealkylation sites (N-methyl/N-ethyl adjacent to an activating group) is 1. The van der Waals surface area contributed by atoms with Crippen LogP contribution in [0, 0.1) is 11.8 Å². The van der Waals surface area contributed by atoms with Crippen LogP contribution in [0.2, 0.25) is 0 Å². The molecule has 0 bridgehead atoms. The Hall–Kier alpha value is -1.26. The van der Waals surface area contributed by atoms with E-state index in [2.05, 4.69) is 19.2 Å². The van der Waals surface area contributed by atoms with Crippen LogP contribution in [-0.2, 0) is 9.53 Å². The zero-order valence-corrected chi connectivity index (χ0v) is 14.8. The van der Waals surface area contributed by atoms with Crippen molar-refractivity contribution in [2.75, 3.05) is 13.6 Å². The molecule has 0 saturated heterocycles. The molecule has 5 nitrogen and oxygen atoms in total. The number of carbonyl (C=O) groups excluding carboxylic acids is 2. The molecule has 2 unspecified atom stereocenters. The summed E-state index contributed by atoms with van der Waals surface area (Å²) in [6.45, 7) is 14.2. The van der Waals surface area contributed by atoms with Crippen molar-refractivity contribution in [3.8, 4) is 0 Å². The van der Waals surface area contributed by atoms with E-state index in [0.29, 0.717) is 12.5 Å². The Balaban J connectivity index is 4.88. The molecule has 2 atom stereocenters. The average Bonchev–Trinajstić information content (AvgIpc) is 2.31. The molecule has 1 N–H and O–H groups in total. The second kappa shape index (κ2) is 8.25. The van der Waals surface area contributed by atoms with Gasteiger partial charge < -0.3 is 15.0 Å². The second-order valence-corrected chi connectivity index (χ2v) is 7.12. The van der Waals surface area contributed by atoms with Gasteiger partial charge in [-0.2, -0.15) is 0 Å². The zero-order chi connectivity index (χ0) is 16.8. The Morgan fingerprint density at radius 2 is 1.71 bits per heavy atom. The average molecular weight is 300 g/mol. The first-order chi connectivity index (χ1) is 9.47. The van der Waals surface area contributed by atoms with E-state index in [9.17, 15) is 9.59 Å². The first-order valence-corrected chi connectivity index (χ1v) is 7.72. The number of carbonyl (C=O) groups is 2. The summed E-state index contributed by atoms with van der Waals surface area (Å²) in [5.74, 6) is 0.376. The lowest BCUT2D eigenvalue weighted by Gasteiger charge is -2.30. The number of rotatable bonds is 6. The quantitative estimate of drug-likeness (QED) is 0.820. The topological polar surface area (TPSA) is 58.6 Å². The molecule has 0 fully saturated rings. The minimum Gasteiger partial charge on any atom is -0.444 e. The molecule has 0 spiro atoms. The van der Waals surface area contributed by atoms with Gasteiger partial charge >= 0.3 is 6.09 Å². The van der Waals surface area contributed by atoms with Gasteiger partial charge in [-0.15, -0.1) is 0 Å². The minimum absolute atomic E-state index is 0.0552. The Kier molecular flexibility index (Phi) is 7.75. The van der Waals surface area contributed by atoms with E-state index < -0.39 is 17.7 Å². The van der Waals surface area contributed by atoms with Crippen LogP contribution in [0.1, 0.15) is 54.9 Å². The molecule has 124 valence electrons. The molecule has 2 amide bonds. The fourth-order valence-corrected chi connectivity index (χ4v) is 1.99. The molecule has 0 rings (SSSR count). The summed E-state index contributed by atoms with van der Waals surface area (Å²) in [6, 6.07) is -0.548. The van der Waals surface area contributed by atoms with Crippen LogP contribution in [0.4, 0.5) is 4.79 Å². The molecule has 0 aromatic rings. The van der Waals surface area contributed by atoms with Crippen LogP contribution in [0.3, 0.4) is 0 Å². The van der Waals surface area contributed by atoms with Crippen LogP contribution < -0.4 is 5.32 Å². The molecule has 0 aromatic heterocycles. The number of nitrogens with zero attached hydrogens (tertiary/aromatic N) is 1. The van der Waals surface area contributed by atoms with Gasteiger partial charge in [0.25, 0.3) is 0 Å². The summed E-state index contributed by atoms with van der Waals surface area (Å²) < 4.78 is 5.25. The molecular formula is C16H32N2O3. The Labute approximate surface area is 129 Å². The lowest BCUT2D eigenvalue weighted by atomic mass is 9.97. The molecule has 0 heterocycles. The normalized spacial score (nSPS) is 14.5. The smallest absolute Gasteiger partial charge is 0.408 e. The van der Waals surface area contributed by atoms with Gasteiger partial charge in [-0.1, -0.05) is 34.1 Å². The SMILES string of the molecule is CCC(C)C(NC(=O)OC(C)(C)C)C(=O)N(C)CC(C)C. The van der Waals surface area contributed by atoms with Crippen molar-refractivity contribution >= 4 is 12.0 Å². The summed E-state index contributed by atoms with van der Waals surface area (Å²) in [5.41, 5.74) is -0.572. The summed E-state index contributed by atoms with van der Waals surface area (Å²) >= 11 is 0. The van der Waals surface area contributed by atoms with Crippen molar-refractivity contribution in [1.82, 2.24) is 10.2 Å². The van der Waals surface area contributed by atoms with Gasteiger partial charge in [-0.3, -0.25) is 4.79 Å². The maximum Gasteiger partial charge on any atom is 0.408 e. The minimum atomic E-state index is -0.572. The van der Waals surface area contributed by atoms with Crippen molar-refractivity contribution in [1.29, 1.82) is 0 Å². The van der Waals surface area contributed by atoms with Gasteiger partial charge in [0.1, 0.15) is 11.6 Å². The van der Waals surface area contributed by atoms with Gasteiger partial charge in [0, 0.05) is 13.6 Å². The predicted octanol–water partition coefficient (Wildman–Crippen LogP) is 3.04.